The van der Waals surface area contributed by atoms with Crippen molar-refractivity contribution in [2.75, 3.05) is 19.3 Å². The van der Waals surface area contributed by atoms with Crippen LogP contribution < -0.4 is 10.6 Å². The molecular weight excluding hydrogens is 406 g/mol. The minimum absolute atomic E-state index is 0.0119. The maximum atomic E-state index is 11.6. The summed E-state index contributed by atoms with van der Waals surface area (Å²) in [5.74, 6) is 0.735. The van der Waals surface area contributed by atoms with Gasteiger partial charge in [-0.2, -0.15) is 0 Å². The molecule has 2 rings (SSSR count). The van der Waals surface area contributed by atoms with Crippen molar-refractivity contribution in [1.82, 2.24) is 10.6 Å². The van der Waals surface area contributed by atoms with Crippen LogP contribution in [0, 0.1) is 5.41 Å². The molecule has 2 N–H and O–H groups in total. The third-order valence-electron chi connectivity index (χ3n) is 4.42. The van der Waals surface area contributed by atoms with Crippen LogP contribution in [-0.4, -0.2) is 33.7 Å². The van der Waals surface area contributed by atoms with Crippen molar-refractivity contribution >= 4 is 27.4 Å². The first-order chi connectivity index (χ1) is 13.6. The molecule has 0 aliphatic heterocycles. The Labute approximate surface area is 179 Å². The fraction of sp³-hybridized carbons (Fsp3) is 0.409. The van der Waals surface area contributed by atoms with Crippen molar-refractivity contribution in [1.29, 1.82) is 0 Å². The average Bonchev–Trinajstić information content (AvgIpc) is 2.63. The third kappa shape index (κ3) is 8.07. The van der Waals surface area contributed by atoms with Gasteiger partial charge in [0.05, 0.1) is 11.4 Å². The van der Waals surface area contributed by atoms with Crippen molar-refractivity contribution in [3.8, 4) is 0 Å². The summed E-state index contributed by atoms with van der Waals surface area (Å²) < 4.78 is 23.1. The Hall–Kier alpha value is -2.05. The van der Waals surface area contributed by atoms with E-state index in [2.05, 4.69) is 35.5 Å². The number of guanidine groups is 1. The van der Waals surface area contributed by atoms with Gasteiger partial charge in [0.1, 0.15) is 0 Å². The normalized spacial score (nSPS) is 12.7. The molecule has 0 saturated heterocycles. The number of halogens is 1. The van der Waals surface area contributed by atoms with Crippen LogP contribution in [0.4, 0.5) is 0 Å². The van der Waals surface area contributed by atoms with Gasteiger partial charge in [0.15, 0.2) is 15.8 Å². The highest BCUT2D eigenvalue weighted by molar-refractivity contribution is 7.90. The lowest BCUT2D eigenvalue weighted by atomic mass is 9.86. The van der Waals surface area contributed by atoms with Gasteiger partial charge in [0.2, 0.25) is 0 Å². The summed E-state index contributed by atoms with van der Waals surface area (Å²) >= 11 is 6.10. The molecule has 0 saturated carbocycles. The van der Waals surface area contributed by atoms with E-state index in [1.54, 1.807) is 24.3 Å². The van der Waals surface area contributed by atoms with Crippen molar-refractivity contribution in [3.63, 3.8) is 0 Å². The second kappa shape index (κ2) is 10.1. The van der Waals surface area contributed by atoms with Crippen LogP contribution in [-0.2, 0) is 22.8 Å². The summed E-state index contributed by atoms with van der Waals surface area (Å²) in [5, 5.41) is 7.42. The molecule has 2 aromatic carbocycles. The van der Waals surface area contributed by atoms with Crippen LogP contribution in [0.2, 0.25) is 5.02 Å². The molecule has 0 aliphatic carbocycles. The van der Waals surface area contributed by atoms with Crippen LogP contribution in [0.15, 0.2) is 58.4 Å². The maximum absolute atomic E-state index is 11.6. The zero-order valence-corrected chi connectivity index (χ0v) is 19.1. The Morgan fingerprint density at radius 2 is 1.76 bits per heavy atom. The highest BCUT2D eigenvalue weighted by Gasteiger charge is 2.19. The first-order valence-electron chi connectivity index (χ1n) is 9.65. The van der Waals surface area contributed by atoms with Crippen LogP contribution in [0.3, 0.4) is 0 Å². The molecule has 0 spiro atoms. The van der Waals surface area contributed by atoms with E-state index < -0.39 is 9.84 Å². The van der Waals surface area contributed by atoms with Gasteiger partial charge in [-0.15, -0.1) is 0 Å². The Bertz CT molecular complexity index is 939. The molecule has 5 nitrogen and oxygen atoms in total. The van der Waals surface area contributed by atoms with Crippen LogP contribution >= 0.6 is 11.6 Å². The monoisotopic (exact) mass is 435 g/mol. The molecule has 0 unspecified atom stereocenters. The summed E-state index contributed by atoms with van der Waals surface area (Å²) in [6.07, 6.45) is 2.10. The highest BCUT2D eigenvalue weighted by atomic mass is 35.5. The highest BCUT2D eigenvalue weighted by Crippen LogP contribution is 2.22. The van der Waals surface area contributed by atoms with Crippen molar-refractivity contribution in [2.45, 2.75) is 38.6 Å². The lowest BCUT2D eigenvalue weighted by Crippen LogP contribution is -2.42. The summed E-state index contributed by atoms with van der Waals surface area (Å²) in [7, 11) is -3.18. The lowest BCUT2D eigenvalue weighted by Gasteiger charge is -2.26. The van der Waals surface area contributed by atoms with Crippen LogP contribution in [0.5, 0.6) is 0 Å². The molecule has 158 valence electrons. The number of sulfone groups is 1. The van der Waals surface area contributed by atoms with Gasteiger partial charge in [0, 0.05) is 24.4 Å². The summed E-state index contributed by atoms with van der Waals surface area (Å²) in [4.78, 5) is 4.94. The van der Waals surface area contributed by atoms with Crippen molar-refractivity contribution < 1.29 is 8.42 Å². The zero-order valence-electron chi connectivity index (χ0n) is 17.5. The smallest absolute Gasteiger partial charge is 0.191 e. The summed E-state index contributed by atoms with van der Waals surface area (Å²) in [5.41, 5.74) is 2.17. The molecule has 0 atom stereocenters. The van der Waals surface area contributed by atoms with E-state index in [0.29, 0.717) is 11.4 Å². The minimum Gasteiger partial charge on any atom is -0.357 e. The van der Waals surface area contributed by atoms with Crippen LogP contribution in [0.1, 0.15) is 31.9 Å². The molecule has 0 bridgehead atoms. The van der Waals surface area contributed by atoms with Gasteiger partial charge < -0.3 is 10.6 Å². The molecular formula is C22H30ClN3O2S. The predicted octanol–water partition coefficient (Wildman–Crippen LogP) is 4.07. The number of nitrogens with zero attached hydrogens (tertiary/aromatic N) is 1. The van der Waals surface area contributed by atoms with E-state index >= 15 is 0 Å². The number of hydrogen-bond acceptors (Lipinski definition) is 3. The molecule has 2 aromatic rings. The van der Waals surface area contributed by atoms with Gasteiger partial charge in [-0.25, -0.2) is 13.4 Å². The zero-order chi connectivity index (χ0) is 21.5. The van der Waals surface area contributed by atoms with Crippen LogP contribution in [0.25, 0.3) is 0 Å². The number of aliphatic imine (C=N–C) groups is 1. The molecule has 0 radical (unpaired) electrons. The van der Waals surface area contributed by atoms with E-state index in [0.717, 1.165) is 36.1 Å². The molecule has 0 aliphatic rings. The van der Waals surface area contributed by atoms with E-state index in [9.17, 15) is 8.42 Å². The minimum atomic E-state index is -3.18. The lowest BCUT2D eigenvalue weighted by molar-refractivity contribution is 0.359. The molecule has 0 amide bonds. The van der Waals surface area contributed by atoms with Gasteiger partial charge in [-0.3, -0.25) is 0 Å². The number of hydrogen-bond donors (Lipinski definition) is 2. The second-order valence-electron chi connectivity index (χ2n) is 7.94. The molecule has 0 heterocycles. The second-order valence-corrected chi connectivity index (χ2v) is 10.4. The largest absolute Gasteiger partial charge is 0.357 e. The summed E-state index contributed by atoms with van der Waals surface area (Å²) in [6.45, 7) is 8.40. The standard InChI is InChI=1S/C22H30ClN3O2S/c1-5-24-21(25-15-17-9-11-20(12-10-17)29(4,27)28)26-16-22(2,3)14-18-7-6-8-19(23)13-18/h6-13H,5,14-16H2,1-4H3,(H2,24,25,26). The maximum Gasteiger partial charge on any atom is 0.191 e. The van der Waals surface area contributed by atoms with Gasteiger partial charge >= 0.3 is 0 Å². The number of benzene rings is 2. The number of rotatable bonds is 8. The summed E-state index contributed by atoms with van der Waals surface area (Å²) in [6, 6.07) is 14.8. The average molecular weight is 436 g/mol. The van der Waals surface area contributed by atoms with Crippen molar-refractivity contribution in [2.24, 2.45) is 10.4 Å². The molecule has 0 aromatic heterocycles. The van der Waals surface area contributed by atoms with E-state index in [1.807, 2.05) is 25.1 Å². The fourth-order valence-electron chi connectivity index (χ4n) is 2.94. The van der Waals surface area contributed by atoms with Gasteiger partial charge in [-0.05, 0) is 54.2 Å². The Kier molecular flexibility index (Phi) is 8.11. The van der Waals surface area contributed by atoms with Crippen molar-refractivity contribution in [3.05, 3.63) is 64.7 Å². The molecule has 7 heteroatoms. The molecule has 0 fully saturated rings. The SMILES string of the molecule is CCNC(=NCc1ccc(S(C)(=O)=O)cc1)NCC(C)(C)Cc1cccc(Cl)c1. The first-order valence-corrected chi connectivity index (χ1v) is 11.9. The Balaban J connectivity index is 1.99. The van der Waals surface area contributed by atoms with Gasteiger partial charge in [-0.1, -0.05) is 49.7 Å². The van der Waals surface area contributed by atoms with Gasteiger partial charge in [0.25, 0.3) is 0 Å². The predicted molar refractivity (Wildman–Crippen MR) is 121 cm³/mol. The Morgan fingerprint density at radius 3 is 2.34 bits per heavy atom. The quantitative estimate of drug-likeness (QED) is 0.484. The van der Waals surface area contributed by atoms with E-state index in [1.165, 1.54) is 11.8 Å². The fourth-order valence-corrected chi connectivity index (χ4v) is 3.78. The third-order valence-corrected chi connectivity index (χ3v) is 5.79. The topological polar surface area (TPSA) is 70.6 Å². The number of nitrogens with one attached hydrogen (secondary N) is 2. The first kappa shape index (κ1) is 23.2. The van der Waals surface area contributed by atoms with E-state index in [-0.39, 0.29) is 5.41 Å². The molecule has 29 heavy (non-hydrogen) atoms. The van der Waals surface area contributed by atoms with E-state index in [4.69, 9.17) is 11.6 Å². The Morgan fingerprint density at radius 1 is 1.07 bits per heavy atom.